The van der Waals surface area contributed by atoms with Crippen molar-refractivity contribution in [2.45, 2.75) is 13.2 Å². The average molecular weight is 245 g/mol. The normalized spacial score (nSPS) is 10.2. The Labute approximate surface area is 103 Å². The number of ether oxygens (including phenoxy) is 1. The van der Waals surface area contributed by atoms with E-state index in [1.54, 1.807) is 12.4 Å². The fourth-order valence-corrected chi connectivity index (χ4v) is 1.39. The monoisotopic (exact) mass is 245 g/mol. The molecule has 0 aromatic carbocycles. The van der Waals surface area contributed by atoms with Crippen molar-refractivity contribution >= 4 is 5.97 Å². The Morgan fingerprint density at radius 2 is 2.00 bits per heavy atom. The van der Waals surface area contributed by atoms with E-state index in [0.29, 0.717) is 12.3 Å². The van der Waals surface area contributed by atoms with Crippen LogP contribution in [-0.4, -0.2) is 26.0 Å². The maximum absolute atomic E-state index is 10.9. The molecule has 0 amide bonds. The highest BCUT2D eigenvalue weighted by atomic mass is 16.5. The van der Waals surface area contributed by atoms with E-state index in [1.165, 1.54) is 12.5 Å². The molecule has 2 aromatic heterocycles. The number of hydrogen-bond acceptors (Lipinski definition) is 5. The van der Waals surface area contributed by atoms with Gasteiger partial charge in [0, 0.05) is 18.6 Å². The summed E-state index contributed by atoms with van der Waals surface area (Å²) in [6.07, 6.45) is 5.91. The zero-order chi connectivity index (χ0) is 12.8. The molecule has 2 rings (SSSR count). The van der Waals surface area contributed by atoms with Gasteiger partial charge in [0.15, 0.2) is 0 Å². The number of aromatic nitrogens is 3. The maximum Gasteiger partial charge on any atom is 0.339 e. The minimum Gasteiger partial charge on any atom is -0.478 e. The van der Waals surface area contributed by atoms with E-state index < -0.39 is 5.97 Å². The molecule has 2 heterocycles. The summed E-state index contributed by atoms with van der Waals surface area (Å²) in [5.41, 5.74) is 1.40. The highest BCUT2D eigenvalue weighted by molar-refractivity contribution is 5.88. The lowest BCUT2D eigenvalue weighted by Gasteiger charge is -2.05. The van der Waals surface area contributed by atoms with Gasteiger partial charge in [-0.05, 0) is 17.7 Å². The molecule has 18 heavy (non-hydrogen) atoms. The summed E-state index contributed by atoms with van der Waals surface area (Å²) in [5, 5.41) is 8.94. The third-order valence-electron chi connectivity index (χ3n) is 2.28. The molecule has 6 nitrogen and oxygen atoms in total. The maximum atomic E-state index is 10.9. The van der Waals surface area contributed by atoms with Crippen LogP contribution in [0.4, 0.5) is 0 Å². The number of carboxylic acid groups (broad SMARTS) is 1. The first-order chi connectivity index (χ1) is 8.77. The SMILES string of the molecule is O=C(O)c1cncnc1COCc1ccncc1. The van der Waals surface area contributed by atoms with Crippen LogP contribution in [0.25, 0.3) is 0 Å². The van der Waals surface area contributed by atoms with Gasteiger partial charge in [-0.25, -0.2) is 14.8 Å². The summed E-state index contributed by atoms with van der Waals surface area (Å²) >= 11 is 0. The molecule has 0 fully saturated rings. The molecule has 0 saturated heterocycles. The second-order valence-electron chi connectivity index (χ2n) is 3.54. The summed E-state index contributed by atoms with van der Waals surface area (Å²) in [7, 11) is 0. The summed E-state index contributed by atoms with van der Waals surface area (Å²) in [6, 6.07) is 3.66. The Morgan fingerprint density at radius 3 is 2.72 bits per heavy atom. The van der Waals surface area contributed by atoms with Gasteiger partial charge in [0.2, 0.25) is 0 Å². The quantitative estimate of drug-likeness (QED) is 0.854. The van der Waals surface area contributed by atoms with Crippen LogP contribution in [-0.2, 0) is 18.0 Å². The minimum absolute atomic E-state index is 0.0622. The molecule has 0 aliphatic heterocycles. The van der Waals surface area contributed by atoms with Gasteiger partial charge in [0.1, 0.15) is 11.9 Å². The van der Waals surface area contributed by atoms with Crippen LogP contribution in [0.1, 0.15) is 21.6 Å². The van der Waals surface area contributed by atoms with E-state index in [0.717, 1.165) is 5.56 Å². The van der Waals surface area contributed by atoms with Crippen molar-refractivity contribution in [3.8, 4) is 0 Å². The van der Waals surface area contributed by atoms with Crippen molar-refractivity contribution in [2.75, 3.05) is 0 Å². The lowest BCUT2D eigenvalue weighted by Crippen LogP contribution is -2.07. The third-order valence-corrected chi connectivity index (χ3v) is 2.28. The highest BCUT2D eigenvalue weighted by Crippen LogP contribution is 2.07. The summed E-state index contributed by atoms with van der Waals surface area (Å²) in [6.45, 7) is 0.512. The van der Waals surface area contributed by atoms with Crippen LogP contribution in [0.15, 0.2) is 37.1 Å². The Kier molecular flexibility index (Phi) is 3.93. The zero-order valence-electron chi connectivity index (χ0n) is 9.48. The van der Waals surface area contributed by atoms with Gasteiger partial charge in [0.05, 0.1) is 18.9 Å². The van der Waals surface area contributed by atoms with Gasteiger partial charge < -0.3 is 9.84 Å². The predicted molar refractivity (Wildman–Crippen MR) is 61.7 cm³/mol. The van der Waals surface area contributed by atoms with Gasteiger partial charge in [0.25, 0.3) is 0 Å². The van der Waals surface area contributed by atoms with Crippen LogP contribution < -0.4 is 0 Å². The van der Waals surface area contributed by atoms with Gasteiger partial charge in [-0.2, -0.15) is 0 Å². The number of nitrogens with zero attached hydrogens (tertiary/aromatic N) is 3. The van der Waals surface area contributed by atoms with Gasteiger partial charge in [-0.15, -0.1) is 0 Å². The largest absolute Gasteiger partial charge is 0.478 e. The van der Waals surface area contributed by atoms with E-state index >= 15 is 0 Å². The third kappa shape index (κ3) is 3.08. The summed E-state index contributed by atoms with van der Waals surface area (Å²) < 4.78 is 5.42. The fourth-order valence-electron chi connectivity index (χ4n) is 1.39. The van der Waals surface area contributed by atoms with E-state index in [2.05, 4.69) is 15.0 Å². The molecule has 0 aliphatic rings. The molecular formula is C12H11N3O3. The lowest BCUT2D eigenvalue weighted by molar-refractivity contribution is 0.0681. The molecule has 0 saturated carbocycles. The highest BCUT2D eigenvalue weighted by Gasteiger charge is 2.11. The molecule has 2 aromatic rings. The first-order valence-corrected chi connectivity index (χ1v) is 5.26. The van der Waals surface area contributed by atoms with E-state index in [9.17, 15) is 4.79 Å². The number of pyridine rings is 1. The fraction of sp³-hybridized carbons (Fsp3) is 0.167. The molecular weight excluding hydrogens is 234 g/mol. The summed E-state index contributed by atoms with van der Waals surface area (Å²) in [4.78, 5) is 22.4. The molecule has 92 valence electrons. The van der Waals surface area contributed by atoms with E-state index in [1.807, 2.05) is 12.1 Å². The van der Waals surface area contributed by atoms with E-state index in [-0.39, 0.29) is 12.2 Å². The molecule has 0 spiro atoms. The second-order valence-corrected chi connectivity index (χ2v) is 3.54. The van der Waals surface area contributed by atoms with E-state index in [4.69, 9.17) is 9.84 Å². The lowest BCUT2D eigenvalue weighted by atomic mass is 10.2. The minimum atomic E-state index is -1.06. The number of hydrogen-bond donors (Lipinski definition) is 1. The Morgan fingerprint density at radius 1 is 1.22 bits per heavy atom. The van der Waals surface area contributed by atoms with Crippen molar-refractivity contribution in [1.29, 1.82) is 0 Å². The van der Waals surface area contributed by atoms with Crippen LogP contribution in [0, 0.1) is 0 Å². The van der Waals surface area contributed by atoms with Crippen molar-refractivity contribution in [1.82, 2.24) is 15.0 Å². The molecule has 1 N–H and O–H groups in total. The number of carbonyl (C=O) groups is 1. The van der Waals surface area contributed by atoms with Crippen LogP contribution in [0.2, 0.25) is 0 Å². The molecule has 0 bridgehead atoms. The average Bonchev–Trinajstić information content (AvgIpc) is 2.40. The van der Waals surface area contributed by atoms with Gasteiger partial charge in [-0.3, -0.25) is 4.98 Å². The topological polar surface area (TPSA) is 85.2 Å². The van der Waals surface area contributed by atoms with Crippen molar-refractivity contribution in [2.24, 2.45) is 0 Å². The number of aromatic carboxylic acids is 1. The summed E-state index contributed by atoms with van der Waals surface area (Å²) in [5.74, 6) is -1.06. The van der Waals surface area contributed by atoms with Crippen molar-refractivity contribution in [3.63, 3.8) is 0 Å². The molecule has 6 heteroatoms. The van der Waals surface area contributed by atoms with Gasteiger partial charge >= 0.3 is 5.97 Å². The zero-order valence-corrected chi connectivity index (χ0v) is 9.48. The molecule has 0 unspecified atom stereocenters. The van der Waals surface area contributed by atoms with Crippen LogP contribution in [0.5, 0.6) is 0 Å². The van der Waals surface area contributed by atoms with Crippen molar-refractivity contribution < 1.29 is 14.6 Å². The predicted octanol–water partition coefficient (Wildman–Crippen LogP) is 1.29. The van der Waals surface area contributed by atoms with Crippen molar-refractivity contribution in [3.05, 3.63) is 53.9 Å². The standard InChI is InChI=1S/C12H11N3O3/c16-12(17)10-5-14-8-15-11(10)7-18-6-9-1-3-13-4-2-9/h1-5,8H,6-7H2,(H,16,17). The van der Waals surface area contributed by atoms with Gasteiger partial charge in [-0.1, -0.05) is 0 Å². The first-order valence-electron chi connectivity index (χ1n) is 5.26. The number of carboxylic acids is 1. The first kappa shape index (κ1) is 12.1. The Hall–Kier alpha value is -2.34. The Balaban J connectivity index is 1.97. The van der Waals surface area contributed by atoms with Crippen LogP contribution >= 0.6 is 0 Å². The smallest absolute Gasteiger partial charge is 0.339 e. The second kappa shape index (κ2) is 5.83. The molecule has 0 aliphatic carbocycles. The van der Waals surface area contributed by atoms with Crippen LogP contribution in [0.3, 0.4) is 0 Å². The number of rotatable bonds is 5. The molecule has 0 atom stereocenters. The molecule has 0 radical (unpaired) electrons. The Bertz CT molecular complexity index is 531.